The van der Waals surface area contributed by atoms with Crippen LogP contribution in [0.25, 0.3) is 0 Å². The normalized spacial score (nSPS) is 31.6. The summed E-state index contributed by atoms with van der Waals surface area (Å²) in [6.45, 7) is 1.87. The third kappa shape index (κ3) is 1.16. The third-order valence-electron chi connectivity index (χ3n) is 1.68. The number of carbonyl (C=O) groups excluding carboxylic acids is 1. The van der Waals surface area contributed by atoms with Crippen LogP contribution in [0.1, 0.15) is 6.92 Å². The Balaban J connectivity index is 2.81. The highest BCUT2D eigenvalue weighted by molar-refractivity contribution is 5.76. The Morgan fingerprint density at radius 2 is 2.40 bits per heavy atom. The van der Waals surface area contributed by atoms with Gasteiger partial charge in [0.25, 0.3) is 0 Å². The van der Waals surface area contributed by atoms with Gasteiger partial charge in [0.1, 0.15) is 6.29 Å². The first-order valence-corrected chi connectivity index (χ1v) is 3.27. The number of rotatable bonds is 1. The smallest absolute Gasteiger partial charge is 0.148 e. The van der Waals surface area contributed by atoms with Crippen molar-refractivity contribution in [2.45, 2.75) is 13.0 Å². The Labute approximate surface area is 59.9 Å². The van der Waals surface area contributed by atoms with Crippen molar-refractivity contribution in [1.29, 1.82) is 0 Å². The quantitative estimate of drug-likeness (QED) is 0.541. The second-order valence-electron chi connectivity index (χ2n) is 2.47. The maximum atomic E-state index is 10.3. The second kappa shape index (κ2) is 2.80. The lowest BCUT2D eigenvalue weighted by Gasteiger charge is -2.17. The molecule has 0 aromatic heterocycles. The van der Waals surface area contributed by atoms with Crippen LogP contribution < -0.4 is 0 Å². The molecule has 0 heterocycles. The molecule has 1 N–H and O–H groups in total. The summed E-state index contributed by atoms with van der Waals surface area (Å²) in [5.74, 6) is 0.0604. The summed E-state index contributed by atoms with van der Waals surface area (Å²) in [5.41, 5.74) is 0.468. The minimum absolute atomic E-state index is 0.0604. The highest BCUT2D eigenvalue weighted by atomic mass is 16.3. The molecule has 1 aliphatic carbocycles. The van der Waals surface area contributed by atoms with Crippen LogP contribution in [0.15, 0.2) is 23.8 Å². The topological polar surface area (TPSA) is 37.3 Å². The second-order valence-corrected chi connectivity index (χ2v) is 2.47. The van der Waals surface area contributed by atoms with E-state index in [9.17, 15) is 9.90 Å². The number of aliphatic hydroxyl groups excluding tert-OH is 1. The lowest BCUT2D eigenvalue weighted by Crippen LogP contribution is -2.21. The van der Waals surface area contributed by atoms with Gasteiger partial charge >= 0.3 is 0 Å². The molecule has 0 aliphatic heterocycles. The Hall–Kier alpha value is -0.890. The fourth-order valence-electron chi connectivity index (χ4n) is 0.958. The number of hydrogen-bond acceptors (Lipinski definition) is 2. The van der Waals surface area contributed by atoms with Gasteiger partial charge in [0.2, 0.25) is 0 Å². The molecule has 0 saturated carbocycles. The summed E-state index contributed by atoms with van der Waals surface area (Å²) in [4.78, 5) is 10.3. The molecule has 0 radical (unpaired) electrons. The lowest BCUT2D eigenvalue weighted by molar-refractivity contribution is -0.105. The van der Waals surface area contributed by atoms with Crippen molar-refractivity contribution in [3.8, 4) is 0 Å². The van der Waals surface area contributed by atoms with Gasteiger partial charge in [-0.1, -0.05) is 25.2 Å². The molecular weight excluding hydrogens is 128 g/mol. The van der Waals surface area contributed by atoms with Crippen molar-refractivity contribution in [3.05, 3.63) is 23.8 Å². The molecule has 54 valence electrons. The zero-order valence-corrected chi connectivity index (χ0v) is 5.82. The molecule has 2 unspecified atom stereocenters. The lowest BCUT2D eigenvalue weighted by atomic mass is 9.93. The fraction of sp³-hybridized carbons (Fsp3) is 0.375. The molecule has 1 aliphatic rings. The van der Waals surface area contributed by atoms with Crippen LogP contribution in [0.3, 0.4) is 0 Å². The van der Waals surface area contributed by atoms with Gasteiger partial charge < -0.3 is 5.11 Å². The summed E-state index contributed by atoms with van der Waals surface area (Å²) < 4.78 is 0. The minimum Gasteiger partial charge on any atom is -0.388 e. The summed E-state index contributed by atoms with van der Waals surface area (Å²) in [6, 6.07) is 0. The van der Waals surface area contributed by atoms with E-state index < -0.39 is 6.10 Å². The van der Waals surface area contributed by atoms with Gasteiger partial charge in [-0.05, 0) is 0 Å². The number of carbonyl (C=O) groups is 1. The van der Waals surface area contributed by atoms with E-state index in [-0.39, 0.29) is 5.92 Å². The summed E-state index contributed by atoms with van der Waals surface area (Å²) in [6.07, 6.45) is 5.39. The molecule has 0 amide bonds. The molecular formula is C8H10O2. The molecule has 1 rings (SSSR count). The molecule has 0 bridgehead atoms. The molecule has 0 aromatic rings. The Kier molecular flexibility index (Phi) is 2.02. The average Bonchev–Trinajstić information content (AvgIpc) is 1.95. The van der Waals surface area contributed by atoms with E-state index >= 15 is 0 Å². The first kappa shape index (κ1) is 7.22. The van der Waals surface area contributed by atoms with Gasteiger partial charge in [-0.2, -0.15) is 0 Å². The standard InChI is InChI=1S/C8H10O2/c1-6-3-2-4-7(5-9)8(6)10/h2-6,8,10H,1H3. The molecule has 0 spiro atoms. The Bertz CT molecular complexity index is 191. The van der Waals surface area contributed by atoms with Crippen LogP contribution in [-0.2, 0) is 4.79 Å². The number of hydrogen-bond donors (Lipinski definition) is 1. The van der Waals surface area contributed by atoms with Crippen molar-refractivity contribution in [1.82, 2.24) is 0 Å². The van der Waals surface area contributed by atoms with Gasteiger partial charge in [0.05, 0.1) is 6.10 Å². The molecule has 0 aromatic carbocycles. The third-order valence-corrected chi connectivity index (χ3v) is 1.68. The monoisotopic (exact) mass is 138 g/mol. The first-order chi connectivity index (χ1) is 4.75. The van der Waals surface area contributed by atoms with Crippen LogP contribution in [0, 0.1) is 5.92 Å². The highest BCUT2D eigenvalue weighted by Gasteiger charge is 2.17. The highest BCUT2D eigenvalue weighted by Crippen LogP contribution is 2.16. The fourth-order valence-corrected chi connectivity index (χ4v) is 0.958. The molecule has 10 heavy (non-hydrogen) atoms. The number of aliphatic hydroxyl groups is 1. The minimum atomic E-state index is -0.609. The predicted octanol–water partition coefficient (Wildman–Crippen LogP) is 0.679. The SMILES string of the molecule is CC1C=CC=C(C=O)C1O. The predicted molar refractivity (Wildman–Crippen MR) is 38.5 cm³/mol. The van der Waals surface area contributed by atoms with Crippen LogP contribution in [0.4, 0.5) is 0 Å². The van der Waals surface area contributed by atoms with Crippen molar-refractivity contribution in [3.63, 3.8) is 0 Å². The van der Waals surface area contributed by atoms with Crippen molar-refractivity contribution < 1.29 is 9.90 Å². The Morgan fingerprint density at radius 3 is 2.90 bits per heavy atom. The van der Waals surface area contributed by atoms with E-state index in [1.807, 2.05) is 13.0 Å². The van der Waals surface area contributed by atoms with Crippen molar-refractivity contribution in [2.24, 2.45) is 5.92 Å². The number of allylic oxidation sites excluding steroid dienone is 2. The van der Waals surface area contributed by atoms with Gasteiger partial charge in [-0.25, -0.2) is 0 Å². The molecule has 2 heteroatoms. The Morgan fingerprint density at radius 1 is 1.70 bits per heavy atom. The molecule has 0 saturated heterocycles. The largest absolute Gasteiger partial charge is 0.388 e. The van der Waals surface area contributed by atoms with Gasteiger partial charge in [0.15, 0.2) is 0 Å². The van der Waals surface area contributed by atoms with Crippen LogP contribution in [0.2, 0.25) is 0 Å². The van der Waals surface area contributed by atoms with Crippen LogP contribution in [0.5, 0.6) is 0 Å². The van der Waals surface area contributed by atoms with E-state index in [1.54, 1.807) is 12.2 Å². The molecule has 2 nitrogen and oxygen atoms in total. The van der Waals surface area contributed by atoms with E-state index in [2.05, 4.69) is 0 Å². The van der Waals surface area contributed by atoms with E-state index in [0.717, 1.165) is 0 Å². The van der Waals surface area contributed by atoms with E-state index in [4.69, 9.17) is 0 Å². The summed E-state index contributed by atoms with van der Waals surface area (Å²) in [7, 11) is 0. The molecule has 0 fully saturated rings. The average molecular weight is 138 g/mol. The van der Waals surface area contributed by atoms with E-state index in [0.29, 0.717) is 11.9 Å². The van der Waals surface area contributed by atoms with Crippen LogP contribution >= 0.6 is 0 Å². The zero-order chi connectivity index (χ0) is 7.56. The maximum absolute atomic E-state index is 10.3. The van der Waals surface area contributed by atoms with Crippen molar-refractivity contribution >= 4 is 6.29 Å². The number of aldehydes is 1. The summed E-state index contributed by atoms with van der Waals surface area (Å²) >= 11 is 0. The molecule has 2 atom stereocenters. The maximum Gasteiger partial charge on any atom is 0.148 e. The van der Waals surface area contributed by atoms with E-state index in [1.165, 1.54) is 0 Å². The zero-order valence-electron chi connectivity index (χ0n) is 5.82. The van der Waals surface area contributed by atoms with Gasteiger partial charge in [-0.3, -0.25) is 4.79 Å². The summed E-state index contributed by atoms with van der Waals surface area (Å²) in [5, 5.41) is 9.29. The van der Waals surface area contributed by atoms with Gasteiger partial charge in [0, 0.05) is 11.5 Å². The first-order valence-electron chi connectivity index (χ1n) is 3.27. The van der Waals surface area contributed by atoms with Crippen LogP contribution in [-0.4, -0.2) is 17.5 Å². The van der Waals surface area contributed by atoms with Gasteiger partial charge in [-0.15, -0.1) is 0 Å². The van der Waals surface area contributed by atoms with Crippen molar-refractivity contribution in [2.75, 3.05) is 0 Å².